The number of carbonyl (C=O) groups excluding carboxylic acids is 1. The molecule has 32 heavy (non-hydrogen) atoms. The van der Waals surface area contributed by atoms with Crippen LogP contribution in [0.15, 0.2) is 82.0 Å². The Morgan fingerprint density at radius 3 is 2.50 bits per heavy atom. The fraction of sp³-hybridized carbons (Fsp3) is 0.208. The summed E-state index contributed by atoms with van der Waals surface area (Å²) in [7, 11) is -2.22. The fourth-order valence-corrected chi connectivity index (χ4v) is 6.57. The van der Waals surface area contributed by atoms with Gasteiger partial charge in [-0.2, -0.15) is 0 Å². The summed E-state index contributed by atoms with van der Waals surface area (Å²) in [4.78, 5) is 21.8. The summed E-state index contributed by atoms with van der Waals surface area (Å²) in [5.74, 6) is -0.918. The van der Waals surface area contributed by atoms with Crippen molar-refractivity contribution < 1.29 is 13.9 Å². The molecule has 1 aromatic heterocycles. The molecule has 1 amide bonds. The molecule has 4 rings (SSSR count). The Bertz CT molecular complexity index is 1230. The zero-order chi connectivity index (χ0) is 22.9. The molecule has 6 nitrogen and oxygen atoms in total. The van der Waals surface area contributed by atoms with Gasteiger partial charge in [0.2, 0.25) is 0 Å². The maximum absolute atomic E-state index is 14.4. The number of aryl methyl sites for hydroxylation is 2. The maximum atomic E-state index is 14.4. The Kier molecular flexibility index (Phi) is 6.29. The van der Waals surface area contributed by atoms with Crippen LogP contribution >= 0.6 is 19.0 Å². The van der Waals surface area contributed by atoms with E-state index in [0.29, 0.717) is 27.9 Å². The largest absolute Gasteiger partial charge is 0.347 e. The molecule has 0 radical (unpaired) electrons. The first-order chi connectivity index (χ1) is 15.3. The standard InChI is InChI=1S/C24H23ClN3O3P/c1-15-10-16(2)12-19(11-15)32(30,31-3)23-20-13-18(25)4-5-21(20)28-22(23)24(29)27-14-17-6-8-26-9-7-17/h4-13,20H,14H2,1-3H3,(H,27,29). The Morgan fingerprint density at radius 2 is 1.84 bits per heavy atom. The summed E-state index contributed by atoms with van der Waals surface area (Å²) in [6.45, 7) is 4.16. The Hall–Kier alpha value is -2.79. The average molecular weight is 468 g/mol. The van der Waals surface area contributed by atoms with Crippen molar-refractivity contribution >= 4 is 35.9 Å². The third kappa shape index (κ3) is 4.26. The first kappa shape index (κ1) is 22.4. The van der Waals surface area contributed by atoms with Gasteiger partial charge in [-0.1, -0.05) is 34.9 Å². The van der Waals surface area contributed by atoms with Gasteiger partial charge in [0.05, 0.1) is 16.9 Å². The van der Waals surface area contributed by atoms with Crippen molar-refractivity contribution in [1.82, 2.24) is 10.3 Å². The predicted octanol–water partition coefficient (Wildman–Crippen LogP) is 4.54. The molecule has 2 aromatic rings. The fourth-order valence-electron chi connectivity index (χ4n) is 3.95. The van der Waals surface area contributed by atoms with Gasteiger partial charge in [0.1, 0.15) is 5.70 Å². The number of aromatic nitrogens is 1. The summed E-state index contributed by atoms with van der Waals surface area (Å²) in [5, 5.41) is 4.24. The molecule has 2 aliphatic rings. The van der Waals surface area contributed by atoms with E-state index in [0.717, 1.165) is 16.7 Å². The first-order valence-corrected chi connectivity index (χ1v) is 12.1. The van der Waals surface area contributed by atoms with Crippen LogP contribution in [0.1, 0.15) is 16.7 Å². The van der Waals surface area contributed by atoms with E-state index in [1.54, 1.807) is 30.6 Å². The molecule has 0 saturated heterocycles. The number of fused-ring (bicyclic) bond motifs is 1. The summed E-state index contributed by atoms with van der Waals surface area (Å²) >= 11 is 6.27. The van der Waals surface area contributed by atoms with Crippen LogP contribution in [0.4, 0.5) is 0 Å². The van der Waals surface area contributed by atoms with Crippen molar-refractivity contribution in [1.29, 1.82) is 0 Å². The smallest absolute Gasteiger partial charge is 0.270 e. The molecule has 2 atom stereocenters. The normalized spacial score (nSPS) is 19.2. The summed E-state index contributed by atoms with van der Waals surface area (Å²) in [6, 6.07) is 9.29. The number of hydrogen-bond donors (Lipinski definition) is 1. The van der Waals surface area contributed by atoms with Crippen molar-refractivity contribution in [3.63, 3.8) is 0 Å². The van der Waals surface area contributed by atoms with E-state index in [2.05, 4.69) is 15.3 Å². The van der Waals surface area contributed by atoms with Gasteiger partial charge < -0.3 is 9.84 Å². The summed E-state index contributed by atoms with van der Waals surface area (Å²) < 4.78 is 20.1. The van der Waals surface area contributed by atoms with Crippen molar-refractivity contribution in [2.24, 2.45) is 10.9 Å². The van der Waals surface area contributed by atoms with Crippen molar-refractivity contribution in [3.05, 3.63) is 93.7 Å². The van der Waals surface area contributed by atoms with Crippen LogP contribution in [0.2, 0.25) is 0 Å². The number of benzene rings is 1. The number of hydrogen-bond acceptors (Lipinski definition) is 5. The van der Waals surface area contributed by atoms with E-state index < -0.39 is 19.2 Å². The van der Waals surface area contributed by atoms with Gasteiger partial charge in [-0.25, -0.2) is 4.99 Å². The molecule has 0 fully saturated rings. The molecule has 1 aromatic carbocycles. The van der Waals surface area contributed by atoms with E-state index in [9.17, 15) is 9.36 Å². The highest BCUT2D eigenvalue weighted by molar-refractivity contribution is 7.71. The quantitative estimate of drug-likeness (QED) is 0.632. The van der Waals surface area contributed by atoms with Crippen LogP contribution in [0, 0.1) is 19.8 Å². The molecule has 2 unspecified atom stereocenters. The van der Waals surface area contributed by atoms with Gasteiger partial charge in [0.25, 0.3) is 13.3 Å². The Morgan fingerprint density at radius 1 is 1.16 bits per heavy atom. The van der Waals surface area contributed by atoms with E-state index in [4.69, 9.17) is 16.1 Å². The zero-order valence-corrected chi connectivity index (χ0v) is 19.7. The van der Waals surface area contributed by atoms with Crippen molar-refractivity contribution in [2.45, 2.75) is 20.4 Å². The SMILES string of the molecule is COP(=O)(C1=C(C(=O)NCc2ccncc2)N=C2C=CC(Cl)=CC21)c1cc(C)cc(C)c1. The zero-order valence-electron chi connectivity index (χ0n) is 18.0. The van der Waals surface area contributed by atoms with Gasteiger partial charge in [-0.05, 0) is 55.8 Å². The molecule has 0 spiro atoms. The maximum Gasteiger partial charge on any atom is 0.270 e. The highest BCUT2D eigenvalue weighted by Gasteiger charge is 2.44. The van der Waals surface area contributed by atoms with Crippen LogP contribution in [-0.2, 0) is 20.4 Å². The lowest BCUT2D eigenvalue weighted by Crippen LogP contribution is -2.25. The van der Waals surface area contributed by atoms with Gasteiger partial charge in [0, 0.05) is 36.4 Å². The third-order valence-electron chi connectivity index (χ3n) is 5.37. The minimum Gasteiger partial charge on any atom is -0.347 e. The molecule has 1 aliphatic heterocycles. The van der Waals surface area contributed by atoms with Crippen LogP contribution in [-0.4, -0.2) is 23.7 Å². The lowest BCUT2D eigenvalue weighted by molar-refractivity contribution is -0.117. The summed E-state index contributed by atoms with van der Waals surface area (Å²) in [5.41, 5.74) is 3.53. The molecular formula is C24H23ClN3O3P. The molecule has 2 heterocycles. The molecule has 0 saturated carbocycles. The summed E-state index contributed by atoms with van der Waals surface area (Å²) in [6.07, 6.45) is 8.53. The lowest BCUT2D eigenvalue weighted by atomic mass is 9.99. The van der Waals surface area contributed by atoms with E-state index >= 15 is 0 Å². The predicted molar refractivity (Wildman–Crippen MR) is 127 cm³/mol. The van der Waals surface area contributed by atoms with E-state index in [1.807, 2.05) is 44.2 Å². The number of allylic oxidation sites excluding steroid dienone is 5. The Labute approximate surface area is 192 Å². The number of carbonyl (C=O) groups is 1. The number of aliphatic imine (C=N–C) groups is 1. The number of rotatable bonds is 6. The monoisotopic (exact) mass is 467 g/mol. The average Bonchev–Trinajstić information content (AvgIpc) is 3.16. The van der Waals surface area contributed by atoms with Gasteiger partial charge in [-0.15, -0.1) is 0 Å². The highest BCUT2D eigenvalue weighted by Crippen LogP contribution is 2.60. The second kappa shape index (κ2) is 8.99. The Balaban J connectivity index is 1.80. The van der Waals surface area contributed by atoms with Crippen LogP contribution in [0.5, 0.6) is 0 Å². The molecule has 0 bridgehead atoms. The number of nitrogens with one attached hydrogen (secondary N) is 1. The number of halogens is 1. The van der Waals surface area contributed by atoms with Crippen molar-refractivity contribution in [2.75, 3.05) is 7.11 Å². The number of pyridine rings is 1. The molecule has 1 N–H and O–H groups in total. The van der Waals surface area contributed by atoms with E-state index in [1.165, 1.54) is 7.11 Å². The topological polar surface area (TPSA) is 80.7 Å². The minimum atomic E-state index is -3.62. The van der Waals surface area contributed by atoms with Gasteiger partial charge in [-0.3, -0.25) is 14.3 Å². The van der Waals surface area contributed by atoms with Gasteiger partial charge in [0.15, 0.2) is 0 Å². The molecular weight excluding hydrogens is 445 g/mol. The molecule has 8 heteroatoms. The molecule has 164 valence electrons. The van der Waals surface area contributed by atoms with Crippen LogP contribution in [0.25, 0.3) is 0 Å². The number of nitrogens with zero attached hydrogens (tertiary/aromatic N) is 2. The second-order valence-electron chi connectivity index (χ2n) is 7.75. The van der Waals surface area contributed by atoms with Crippen molar-refractivity contribution in [3.8, 4) is 0 Å². The first-order valence-electron chi connectivity index (χ1n) is 10.1. The van der Waals surface area contributed by atoms with E-state index in [-0.39, 0.29) is 5.70 Å². The highest BCUT2D eigenvalue weighted by atomic mass is 35.5. The van der Waals surface area contributed by atoms with Crippen LogP contribution in [0.3, 0.4) is 0 Å². The second-order valence-corrected chi connectivity index (χ2v) is 10.7. The number of amides is 1. The van der Waals surface area contributed by atoms with Gasteiger partial charge >= 0.3 is 0 Å². The third-order valence-corrected chi connectivity index (χ3v) is 8.20. The minimum absolute atomic E-state index is 0.107. The lowest BCUT2D eigenvalue weighted by Gasteiger charge is -2.24. The van der Waals surface area contributed by atoms with Crippen LogP contribution < -0.4 is 10.6 Å². The molecule has 1 aliphatic carbocycles.